The van der Waals surface area contributed by atoms with E-state index in [1.54, 1.807) is 18.1 Å². The summed E-state index contributed by atoms with van der Waals surface area (Å²) < 4.78 is 1.89. The number of carbonyl (C=O) groups is 2. The molecule has 3 aromatic rings. The summed E-state index contributed by atoms with van der Waals surface area (Å²) in [6, 6.07) is 18.2. The summed E-state index contributed by atoms with van der Waals surface area (Å²) in [5.74, 6) is 0.652. The normalized spacial score (nSPS) is 16.6. The molecule has 1 N–H and O–H groups in total. The first-order valence-corrected chi connectivity index (χ1v) is 10.9. The van der Waals surface area contributed by atoms with E-state index in [2.05, 4.69) is 51.6 Å². The fourth-order valence-corrected chi connectivity index (χ4v) is 4.01. The molecule has 0 radical (unpaired) electrons. The number of carbonyl (C=O) groups excluding carboxylic acids is 2. The number of amides is 2. The number of aryl methyl sites for hydroxylation is 1. The first-order chi connectivity index (χ1) is 15.5. The summed E-state index contributed by atoms with van der Waals surface area (Å²) in [5, 5.41) is 2.91. The Labute approximate surface area is 188 Å². The zero-order valence-corrected chi connectivity index (χ0v) is 18.6. The molecule has 1 aliphatic rings. The van der Waals surface area contributed by atoms with Crippen molar-refractivity contribution in [3.63, 3.8) is 0 Å². The standard InChI is InChI=1S/C25H29N5O2/c1-28-14-12-26-23(28)18-29(2)24(31)16-22-25(32)27-13-15-30(22)17-19-8-10-21(11-9-19)20-6-4-3-5-7-20/h3-12,14,22H,13,15-18H2,1-2H3,(H,27,32). The summed E-state index contributed by atoms with van der Waals surface area (Å²) in [5.41, 5.74) is 3.46. The van der Waals surface area contributed by atoms with Crippen LogP contribution in [-0.2, 0) is 29.7 Å². The van der Waals surface area contributed by atoms with Gasteiger partial charge in [0.15, 0.2) is 0 Å². The molecule has 1 aromatic heterocycles. The summed E-state index contributed by atoms with van der Waals surface area (Å²) in [6.45, 7) is 2.35. The van der Waals surface area contributed by atoms with Gasteiger partial charge in [-0.25, -0.2) is 4.98 Å². The van der Waals surface area contributed by atoms with Crippen LogP contribution in [0.1, 0.15) is 17.8 Å². The van der Waals surface area contributed by atoms with Crippen LogP contribution >= 0.6 is 0 Å². The van der Waals surface area contributed by atoms with Gasteiger partial charge in [0.2, 0.25) is 11.8 Å². The number of imidazole rings is 1. The molecule has 2 aromatic carbocycles. The fourth-order valence-electron chi connectivity index (χ4n) is 4.01. The zero-order chi connectivity index (χ0) is 22.5. The van der Waals surface area contributed by atoms with Crippen molar-refractivity contribution in [2.45, 2.75) is 25.6 Å². The maximum Gasteiger partial charge on any atom is 0.237 e. The Hall–Kier alpha value is -3.45. The molecule has 166 valence electrons. The van der Waals surface area contributed by atoms with E-state index in [1.807, 2.05) is 36.0 Å². The van der Waals surface area contributed by atoms with Gasteiger partial charge in [0, 0.05) is 46.1 Å². The highest BCUT2D eigenvalue weighted by Crippen LogP contribution is 2.21. The Morgan fingerprint density at radius 1 is 1.12 bits per heavy atom. The molecule has 0 spiro atoms. The van der Waals surface area contributed by atoms with Crippen molar-refractivity contribution in [2.24, 2.45) is 7.05 Å². The second-order valence-corrected chi connectivity index (χ2v) is 8.25. The number of rotatable bonds is 7. The van der Waals surface area contributed by atoms with Crippen molar-refractivity contribution >= 4 is 11.8 Å². The molecule has 0 aliphatic carbocycles. The molecule has 0 saturated carbocycles. The molecule has 1 unspecified atom stereocenters. The largest absolute Gasteiger partial charge is 0.353 e. The van der Waals surface area contributed by atoms with E-state index >= 15 is 0 Å². The molecule has 7 heteroatoms. The first kappa shape index (κ1) is 21.8. The third-order valence-corrected chi connectivity index (χ3v) is 5.98. The quantitative estimate of drug-likeness (QED) is 0.624. The molecule has 0 bridgehead atoms. The van der Waals surface area contributed by atoms with E-state index in [0.29, 0.717) is 26.2 Å². The number of nitrogens with one attached hydrogen (secondary N) is 1. The minimum atomic E-state index is -0.478. The highest BCUT2D eigenvalue weighted by Gasteiger charge is 2.32. The van der Waals surface area contributed by atoms with Gasteiger partial charge >= 0.3 is 0 Å². The van der Waals surface area contributed by atoms with Crippen LogP contribution in [0.3, 0.4) is 0 Å². The van der Waals surface area contributed by atoms with E-state index in [9.17, 15) is 9.59 Å². The minimum Gasteiger partial charge on any atom is -0.353 e. The third-order valence-electron chi connectivity index (χ3n) is 5.98. The van der Waals surface area contributed by atoms with Crippen molar-refractivity contribution in [3.8, 4) is 11.1 Å². The van der Waals surface area contributed by atoms with Crippen molar-refractivity contribution in [1.29, 1.82) is 0 Å². The number of nitrogens with zero attached hydrogens (tertiary/aromatic N) is 4. The molecular formula is C25H29N5O2. The van der Waals surface area contributed by atoms with Gasteiger partial charge in [-0.15, -0.1) is 0 Å². The second kappa shape index (κ2) is 9.78. The lowest BCUT2D eigenvalue weighted by Crippen LogP contribution is -2.56. The van der Waals surface area contributed by atoms with E-state index in [-0.39, 0.29) is 18.2 Å². The maximum absolute atomic E-state index is 12.9. The van der Waals surface area contributed by atoms with Crippen LogP contribution in [0.2, 0.25) is 0 Å². The average Bonchev–Trinajstić information content (AvgIpc) is 3.21. The van der Waals surface area contributed by atoms with Crippen LogP contribution in [0, 0.1) is 0 Å². The van der Waals surface area contributed by atoms with Gasteiger partial charge in [-0.05, 0) is 16.7 Å². The van der Waals surface area contributed by atoms with Crippen LogP contribution in [0.5, 0.6) is 0 Å². The van der Waals surface area contributed by atoms with E-state index < -0.39 is 6.04 Å². The summed E-state index contributed by atoms with van der Waals surface area (Å²) in [4.78, 5) is 33.5. The van der Waals surface area contributed by atoms with Crippen molar-refractivity contribution in [1.82, 2.24) is 24.7 Å². The maximum atomic E-state index is 12.9. The summed E-state index contributed by atoms with van der Waals surface area (Å²) in [6.07, 6.45) is 3.72. The zero-order valence-electron chi connectivity index (χ0n) is 18.6. The van der Waals surface area contributed by atoms with Crippen LogP contribution in [-0.4, -0.2) is 57.3 Å². The molecule has 1 saturated heterocycles. The number of aromatic nitrogens is 2. The lowest BCUT2D eigenvalue weighted by atomic mass is 10.0. The topological polar surface area (TPSA) is 70.5 Å². The van der Waals surface area contributed by atoms with Crippen LogP contribution < -0.4 is 5.32 Å². The minimum absolute atomic E-state index is 0.0699. The predicted octanol–water partition coefficient (Wildman–Crippen LogP) is 2.44. The van der Waals surface area contributed by atoms with E-state index in [0.717, 1.165) is 17.0 Å². The molecule has 4 rings (SSSR count). The highest BCUT2D eigenvalue weighted by molar-refractivity contribution is 5.88. The van der Waals surface area contributed by atoms with Gasteiger partial charge in [0.1, 0.15) is 5.82 Å². The molecule has 1 fully saturated rings. The number of hydrogen-bond acceptors (Lipinski definition) is 4. The Bertz CT molecular complexity index is 1060. The monoisotopic (exact) mass is 431 g/mol. The molecule has 32 heavy (non-hydrogen) atoms. The van der Waals surface area contributed by atoms with Crippen LogP contribution in [0.15, 0.2) is 67.0 Å². The van der Waals surface area contributed by atoms with Gasteiger partial charge in [-0.1, -0.05) is 54.6 Å². The van der Waals surface area contributed by atoms with Crippen molar-refractivity contribution in [3.05, 3.63) is 78.4 Å². The SMILES string of the molecule is CN(Cc1nccn1C)C(=O)CC1C(=O)NCCN1Cc1ccc(-c2ccccc2)cc1. The third kappa shape index (κ3) is 5.06. The number of hydrogen-bond donors (Lipinski definition) is 1. The lowest BCUT2D eigenvalue weighted by Gasteiger charge is -2.35. The van der Waals surface area contributed by atoms with Gasteiger partial charge in [0.05, 0.1) is 19.0 Å². The molecule has 1 aliphatic heterocycles. The fraction of sp³-hybridized carbons (Fsp3) is 0.320. The van der Waals surface area contributed by atoms with Crippen molar-refractivity contribution < 1.29 is 9.59 Å². The van der Waals surface area contributed by atoms with E-state index in [1.165, 1.54) is 5.56 Å². The first-order valence-electron chi connectivity index (χ1n) is 10.9. The Morgan fingerprint density at radius 3 is 2.53 bits per heavy atom. The highest BCUT2D eigenvalue weighted by atomic mass is 16.2. The van der Waals surface area contributed by atoms with Gasteiger partial charge in [-0.2, -0.15) is 0 Å². The average molecular weight is 432 g/mol. The Balaban J connectivity index is 1.41. The second-order valence-electron chi connectivity index (χ2n) is 8.25. The van der Waals surface area contributed by atoms with E-state index in [4.69, 9.17) is 0 Å². The number of benzene rings is 2. The summed E-state index contributed by atoms with van der Waals surface area (Å²) >= 11 is 0. The Morgan fingerprint density at radius 2 is 1.84 bits per heavy atom. The van der Waals surface area contributed by atoms with Gasteiger partial charge < -0.3 is 14.8 Å². The Kier molecular flexibility index (Phi) is 6.66. The smallest absolute Gasteiger partial charge is 0.237 e. The lowest BCUT2D eigenvalue weighted by molar-refractivity contribution is -0.138. The molecular weight excluding hydrogens is 402 g/mol. The molecule has 2 amide bonds. The predicted molar refractivity (Wildman–Crippen MR) is 123 cm³/mol. The van der Waals surface area contributed by atoms with Crippen LogP contribution in [0.25, 0.3) is 11.1 Å². The van der Waals surface area contributed by atoms with Gasteiger partial charge in [-0.3, -0.25) is 14.5 Å². The van der Waals surface area contributed by atoms with Gasteiger partial charge in [0.25, 0.3) is 0 Å². The number of piperazine rings is 1. The molecule has 7 nitrogen and oxygen atoms in total. The molecule has 2 heterocycles. The summed E-state index contributed by atoms with van der Waals surface area (Å²) in [7, 11) is 3.66. The molecule has 1 atom stereocenters. The van der Waals surface area contributed by atoms with Crippen LogP contribution in [0.4, 0.5) is 0 Å². The van der Waals surface area contributed by atoms with Crippen molar-refractivity contribution in [2.75, 3.05) is 20.1 Å².